The minimum atomic E-state index is -3.94. The van der Waals surface area contributed by atoms with Gasteiger partial charge < -0.3 is 14.1 Å². The van der Waals surface area contributed by atoms with Crippen molar-refractivity contribution in [2.45, 2.75) is 35.6 Å². The summed E-state index contributed by atoms with van der Waals surface area (Å²) < 4.78 is 38.2. The molecule has 3 aromatic rings. The lowest BCUT2D eigenvalue weighted by atomic mass is 10.2. The minimum absolute atomic E-state index is 0.111. The molecule has 0 aliphatic carbocycles. The van der Waals surface area contributed by atoms with Crippen molar-refractivity contribution in [1.82, 2.24) is 4.98 Å². The van der Waals surface area contributed by atoms with Gasteiger partial charge in [0.25, 0.3) is 0 Å². The summed E-state index contributed by atoms with van der Waals surface area (Å²) in [4.78, 5) is 6.49. The molecule has 9 heteroatoms. The first-order chi connectivity index (χ1) is 14.9. The number of halogens is 2. The lowest BCUT2D eigenvalue weighted by Gasteiger charge is -2.20. The lowest BCUT2D eigenvalue weighted by molar-refractivity contribution is 0.414. The van der Waals surface area contributed by atoms with E-state index in [4.69, 9.17) is 32.4 Å². The molecular weight excluding hydrogens is 459 g/mol. The van der Waals surface area contributed by atoms with Gasteiger partial charge in [-0.1, -0.05) is 36.0 Å². The van der Waals surface area contributed by atoms with Crippen LogP contribution in [0.3, 0.4) is 0 Å². The summed E-state index contributed by atoms with van der Waals surface area (Å²) >= 11 is 12.3. The first kappa shape index (κ1) is 22.0. The van der Waals surface area contributed by atoms with E-state index in [1.54, 1.807) is 30.3 Å². The zero-order chi connectivity index (χ0) is 22.0. The van der Waals surface area contributed by atoms with E-state index in [0.717, 1.165) is 25.7 Å². The van der Waals surface area contributed by atoms with Crippen LogP contribution >= 0.6 is 23.2 Å². The average Bonchev–Trinajstić information content (AvgIpc) is 3.03. The van der Waals surface area contributed by atoms with Gasteiger partial charge in [0.15, 0.2) is 0 Å². The van der Waals surface area contributed by atoms with Gasteiger partial charge in [-0.15, -0.1) is 0 Å². The molecule has 0 radical (unpaired) electrons. The number of aromatic nitrogens is 1. The number of nitrogens with zero attached hydrogens (tertiary/aromatic N) is 2. The highest BCUT2D eigenvalue weighted by Gasteiger charge is 2.32. The predicted molar refractivity (Wildman–Crippen MR) is 121 cm³/mol. The normalized spacial score (nSPS) is 15.0. The van der Waals surface area contributed by atoms with Gasteiger partial charge in [0.1, 0.15) is 5.75 Å². The van der Waals surface area contributed by atoms with Crippen LogP contribution in [-0.2, 0) is 9.84 Å². The van der Waals surface area contributed by atoms with E-state index in [9.17, 15) is 8.42 Å². The summed E-state index contributed by atoms with van der Waals surface area (Å²) in [6, 6.07) is 11.1. The maximum absolute atomic E-state index is 13.5. The van der Waals surface area contributed by atoms with E-state index >= 15 is 0 Å². The largest absolute Gasteiger partial charge is 0.497 e. The summed E-state index contributed by atoms with van der Waals surface area (Å²) in [5.41, 5.74) is 0.485. The van der Waals surface area contributed by atoms with Crippen molar-refractivity contribution >= 4 is 38.9 Å². The molecule has 0 N–H and O–H groups in total. The van der Waals surface area contributed by atoms with Crippen LogP contribution in [0.1, 0.15) is 25.7 Å². The smallest absolute Gasteiger partial charge is 0.236 e. The molecule has 0 bridgehead atoms. The Morgan fingerprint density at radius 2 is 1.68 bits per heavy atom. The summed E-state index contributed by atoms with van der Waals surface area (Å²) in [5, 5.41) is 0.698. The molecule has 0 saturated carbocycles. The van der Waals surface area contributed by atoms with Crippen molar-refractivity contribution in [2.24, 2.45) is 0 Å². The van der Waals surface area contributed by atoms with Crippen molar-refractivity contribution in [3.8, 4) is 17.2 Å². The molecule has 1 aliphatic heterocycles. The molecule has 2 aromatic carbocycles. The van der Waals surface area contributed by atoms with Crippen molar-refractivity contribution in [2.75, 3.05) is 25.1 Å². The van der Waals surface area contributed by atoms with E-state index in [2.05, 4.69) is 4.98 Å². The van der Waals surface area contributed by atoms with E-state index in [-0.39, 0.29) is 21.7 Å². The van der Waals surface area contributed by atoms with Crippen LogP contribution in [0.4, 0.5) is 5.88 Å². The number of ether oxygens (including phenoxy) is 1. The van der Waals surface area contributed by atoms with Gasteiger partial charge >= 0.3 is 0 Å². The molecule has 0 unspecified atom stereocenters. The highest BCUT2D eigenvalue weighted by molar-refractivity contribution is 7.91. The molecule has 1 aliphatic rings. The molecule has 0 atom stereocenters. The van der Waals surface area contributed by atoms with Gasteiger partial charge in [0.05, 0.1) is 22.6 Å². The number of sulfone groups is 1. The fourth-order valence-corrected chi connectivity index (χ4v) is 5.40. The molecule has 4 rings (SSSR count). The van der Waals surface area contributed by atoms with Gasteiger partial charge in [-0.3, -0.25) is 0 Å². The second kappa shape index (κ2) is 9.10. The number of benzene rings is 2. The molecule has 1 aromatic heterocycles. The van der Waals surface area contributed by atoms with E-state index < -0.39 is 9.84 Å². The lowest BCUT2D eigenvalue weighted by Crippen LogP contribution is -2.25. The third-order valence-corrected chi connectivity index (χ3v) is 7.47. The van der Waals surface area contributed by atoms with Crippen molar-refractivity contribution in [1.29, 1.82) is 0 Å². The van der Waals surface area contributed by atoms with Gasteiger partial charge in [-0.2, -0.15) is 4.98 Å². The fourth-order valence-electron chi connectivity index (χ4n) is 3.59. The second-order valence-corrected chi connectivity index (χ2v) is 10.0. The first-order valence-corrected chi connectivity index (χ1v) is 12.2. The Hall–Kier alpha value is -2.22. The topological polar surface area (TPSA) is 72.6 Å². The van der Waals surface area contributed by atoms with Crippen LogP contribution in [-0.4, -0.2) is 33.6 Å². The molecular formula is C22H22Cl2N2O4S. The Kier molecular flexibility index (Phi) is 6.46. The number of methoxy groups -OCH3 is 1. The van der Waals surface area contributed by atoms with Crippen LogP contribution < -0.4 is 9.64 Å². The maximum Gasteiger partial charge on any atom is 0.236 e. The molecule has 0 spiro atoms. The van der Waals surface area contributed by atoms with E-state index in [1.807, 2.05) is 4.90 Å². The molecule has 0 amide bonds. The number of oxazole rings is 1. The van der Waals surface area contributed by atoms with Gasteiger partial charge in [0.2, 0.25) is 26.6 Å². The van der Waals surface area contributed by atoms with Crippen molar-refractivity contribution in [3.05, 3.63) is 52.5 Å². The summed E-state index contributed by atoms with van der Waals surface area (Å²) in [6.45, 7) is 1.40. The van der Waals surface area contributed by atoms with Crippen molar-refractivity contribution < 1.29 is 17.6 Å². The average molecular weight is 481 g/mol. The maximum atomic E-state index is 13.5. The Labute approximate surface area is 191 Å². The summed E-state index contributed by atoms with van der Waals surface area (Å²) in [6.07, 6.45) is 4.11. The number of rotatable bonds is 5. The monoisotopic (exact) mass is 480 g/mol. The zero-order valence-corrected chi connectivity index (χ0v) is 19.3. The first-order valence-electron chi connectivity index (χ1n) is 10.0. The minimum Gasteiger partial charge on any atom is -0.497 e. The van der Waals surface area contributed by atoms with Crippen LogP contribution in [0.5, 0.6) is 5.75 Å². The third kappa shape index (κ3) is 4.54. The molecule has 6 nitrogen and oxygen atoms in total. The standard InChI is InChI=1S/C22H22Cl2N2O4S/c1-29-16-7-9-17(10-8-16)31(27,28)21-22(26-12-4-2-3-5-13-26)30-20(25-21)18-11-6-15(23)14-19(18)24/h6-11,14H,2-5,12-13H2,1H3. The summed E-state index contributed by atoms with van der Waals surface area (Å²) in [5.74, 6) is 0.965. The molecule has 164 valence electrons. The molecule has 2 heterocycles. The van der Waals surface area contributed by atoms with Gasteiger partial charge in [0, 0.05) is 18.1 Å². The third-order valence-electron chi connectivity index (χ3n) is 5.26. The van der Waals surface area contributed by atoms with E-state index in [0.29, 0.717) is 34.4 Å². The second-order valence-electron chi connectivity index (χ2n) is 7.33. The van der Waals surface area contributed by atoms with Gasteiger partial charge in [-0.25, -0.2) is 8.42 Å². The highest BCUT2D eigenvalue weighted by atomic mass is 35.5. The van der Waals surface area contributed by atoms with Crippen LogP contribution in [0.25, 0.3) is 11.5 Å². The molecule has 1 saturated heterocycles. The SMILES string of the molecule is COc1ccc(S(=O)(=O)c2nc(-c3ccc(Cl)cc3Cl)oc2N2CCCCCC2)cc1. The zero-order valence-electron chi connectivity index (χ0n) is 17.0. The molecule has 1 fully saturated rings. The Morgan fingerprint density at radius 1 is 1.00 bits per heavy atom. The van der Waals surface area contributed by atoms with Crippen molar-refractivity contribution in [3.63, 3.8) is 0 Å². The summed E-state index contributed by atoms with van der Waals surface area (Å²) in [7, 11) is -2.41. The quantitative estimate of drug-likeness (QED) is 0.454. The highest BCUT2D eigenvalue weighted by Crippen LogP contribution is 2.38. The number of anilines is 1. The van der Waals surface area contributed by atoms with Gasteiger partial charge in [-0.05, 0) is 55.3 Å². The number of hydrogen-bond acceptors (Lipinski definition) is 6. The number of hydrogen-bond donors (Lipinski definition) is 0. The van der Waals surface area contributed by atoms with Crippen LogP contribution in [0.15, 0.2) is 56.8 Å². The fraction of sp³-hybridized carbons (Fsp3) is 0.318. The van der Waals surface area contributed by atoms with E-state index in [1.165, 1.54) is 19.2 Å². The van der Waals surface area contributed by atoms with Crippen LogP contribution in [0.2, 0.25) is 10.0 Å². The Bertz CT molecular complexity index is 1170. The predicted octanol–water partition coefficient (Wildman–Crippen LogP) is 5.87. The Morgan fingerprint density at radius 3 is 2.29 bits per heavy atom. The van der Waals surface area contributed by atoms with Crippen LogP contribution in [0, 0.1) is 0 Å². The Balaban J connectivity index is 1.85. The molecule has 31 heavy (non-hydrogen) atoms.